The van der Waals surface area contributed by atoms with Gasteiger partial charge in [-0.3, -0.25) is 14.4 Å². The first-order valence-electron chi connectivity index (χ1n) is 10.9. The number of imide groups is 1. The largest absolute Gasteiger partial charge is 0.497 e. The Bertz CT molecular complexity index is 1250. The van der Waals surface area contributed by atoms with Crippen LogP contribution in [0.5, 0.6) is 5.75 Å². The minimum atomic E-state index is -0.410. The van der Waals surface area contributed by atoms with Crippen LogP contribution >= 0.6 is 0 Å². The highest BCUT2D eigenvalue weighted by Crippen LogP contribution is 2.37. The summed E-state index contributed by atoms with van der Waals surface area (Å²) >= 11 is 0. The number of ether oxygens (including phenoxy) is 1. The van der Waals surface area contributed by atoms with Gasteiger partial charge >= 0.3 is 0 Å². The smallest absolute Gasteiger partial charge is 0.282 e. The van der Waals surface area contributed by atoms with Crippen molar-refractivity contribution >= 4 is 40.4 Å². The van der Waals surface area contributed by atoms with Gasteiger partial charge in [0, 0.05) is 24.8 Å². The van der Waals surface area contributed by atoms with Crippen LogP contribution in [0.25, 0.3) is 5.57 Å². The summed E-state index contributed by atoms with van der Waals surface area (Å²) in [6, 6.07) is 23.2. The van der Waals surface area contributed by atoms with Crippen molar-refractivity contribution in [1.29, 1.82) is 0 Å². The van der Waals surface area contributed by atoms with E-state index in [4.69, 9.17) is 4.74 Å². The zero-order chi connectivity index (χ0) is 24.2. The summed E-state index contributed by atoms with van der Waals surface area (Å²) in [6.45, 7) is 3.85. The Morgan fingerprint density at radius 2 is 1.56 bits per heavy atom. The first-order chi connectivity index (χ1) is 16.4. The number of likely N-dealkylation sites (N-methyl/N-ethyl adjacent to an activating group) is 1. The van der Waals surface area contributed by atoms with Crippen molar-refractivity contribution in [3.63, 3.8) is 0 Å². The third kappa shape index (κ3) is 4.28. The lowest BCUT2D eigenvalue weighted by atomic mass is 10.0. The van der Waals surface area contributed by atoms with E-state index in [1.165, 1.54) is 11.8 Å². The average Bonchev–Trinajstić information content (AvgIpc) is 3.10. The number of carbonyl (C=O) groups excluding carboxylic acids is 3. The van der Waals surface area contributed by atoms with Crippen LogP contribution in [0.15, 0.2) is 84.6 Å². The SMILES string of the molecule is CCN(C1=C(c2ccc(OC)cc2)C(=O)N(c2ccc(NC(C)=O)cc2)C1=O)c1ccccc1. The Morgan fingerprint density at radius 1 is 0.912 bits per heavy atom. The molecule has 0 unspecified atom stereocenters. The molecule has 4 rings (SSSR count). The van der Waals surface area contributed by atoms with Gasteiger partial charge in [0.1, 0.15) is 11.4 Å². The number of nitrogens with zero attached hydrogens (tertiary/aromatic N) is 2. The summed E-state index contributed by atoms with van der Waals surface area (Å²) in [5.41, 5.74) is 3.09. The number of anilines is 3. The maximum Gasteiger partial charge on any atom is 0.282 e. The van der Waals surface area contributed by atoms with E-state index in [0.717, 1.165) is 5.69 Å². The number of carbonyl (C=O) groups is 3. The maximum absolute atomic E-state index is 13.8. The molecular formula is C27H25N3O4. The van der Waals surface area contributed by atoms with Crippen LogP contribution in [0.1, 0.15) is 19.4 Å². The zero-order valence-electron chi connectivity index (χ0n) is 19.2. The fourth-order valence-electron chi connectivity index (χ4n) is 4.00. The summed E-state index contributed by atoms with van der Waals surface area (Å²) in [7, 11) is 1.57. The molecule has 7 nitrogen and oxygen atoms in total. The van der Waals surface area contributed by atoms with Gasteiger partial charge in [0.2, 0.25) is 5.91 Å². The molecule has 0 saturated heterocycles. The molecule has 0 saturated carbocycles. The van der Waals surface area contributed by atoms with Crippen molar-refractivity contribution in [3.05, 3.63) is 90.1 Å². The molecule has 7 heteroatoms. The Labute approximate surface area is 198 Å². The van der Waals surface area contributed by atoms with E-state index in [1.54, 1.807) is 55.6 Å². The lowest BCUT2D eigenvalue weighted by molar-refractivity contribution is -0.120. The topological polar surface area (TPSA) is 79.0 Å². The van der Waals surface area contributed by atoms with Gasteiger partial charge in [-0.1, -0.05) is 30.3 Å². The van der Waals surface area contributed by atoms with E-state index in [0.29, 0.717) is 40.5 Å². The molecule has 1 aliphatic rings. The predicted molar refractivity (Wildman–Crippen MR) is 133 cm³/mol. The van der Waals surface area contributed by atoms with Crippen LogP contribution < -0.4 is 19.9 Å². The maximum atomic E-state index is 13.8. The van der Waals surface area contributed by atoms with E-state index >= 15 is 0 Å². The molecule has 3 aromatic rings. The molecule has 0 radical (unpaired) electrons. The molecule has 3 amide bonds. The third-order valence-electron chi connectivity index (χ3n) is 5.54. The van der Waals surface area contributed by atoms with Crippen molar-refractivity contribution in [1.82, 2.24) is 0 Å². The summed E-state index contributed by atoms with van der Waals surface area (Å²) in [5.74, 6) is -0.364. The van der Waals surface area contributed by atoms with Gasteiger partial charge in [0.25, 0.3) is 11.8 Å². The number of benzene rings is 3. The highest BCUT2D eigenvalue weighted by molar-refractivity contribution is 6.46. The second-order valence-corrected chi connectivity index (χ2v) is 7.71. The number of hydrogen-bond donors (Lipinski definition) is 1. The van der Waals surface area contributed by atoms with Gasteiger partial charge in [-0.25, -0.2) is 4.90 Å². The van der Waals surface area contributed by atoms with Crippen molar-refractivity contribution < 1.29 is 19.1 Å². The second-order valence-electron chi connectivity index (χ2n) is 7.71. The van der Waals surface area contributed by atoms with Gasteiger partial charge in [-0.05, 0) is 61.0 Å². The van der Waals surface area contributed by atoms with Crippen LogP contribution in [-0.4, -0.2) is 31.4 Å². The van der Waals surface area contributed by atoms with Gasteiger partial charge in [0.15, 0.2) is 0 Å². The zero-order valence-corrected chi connectivity index (χ0v) is 19.2. The monoisotopic (exact) mass is 455 g/mol. The van der Waals surface area contributed by atoms with Crippen LogP contribution in [0.4, 0.5) is 17.1 Å². The van der Waals surface area contributed by atoms with E-state index in [2.05, 4.69) is 5.32 Å². The summed E-state index contributed by atoms with van der Waals surface area (Å²) in [4.78, 5) is 41.9. The van der Waals surface area contributed by atoms with Gasteiger partial charge in [-0.2, -0.15) is 0 Å². The van der Waals surface area contributed by atoms with Gasteiger partial charge < -0.3 is 15.0 Å². The average molecular weight is 456 g/mol. The Hall–Kier alpha value is -4.39. The Morgan fingerprint density at radius 3 is 2.12 bits per heavy atom. The summed E-state index contributed by atoms with van der Waals surface area (Å²) in [5, 5.41) is 2.69. The number of hydrogen-bond acceptors (Lipinski definition) is 5. The summed E-state index contributed by atoms with van der Waals surface area (Å²) in [6.07, 6.45) is 0. The quantitative estimate of drug-likeness (QED) is 0.532. The molecule has 34 heavy (non-hydrogen) atoms. The fourth-order valence-corrected chi connectivity index (χ4v) is 4.00. The predicted octanol–water partition coefficient (Wildman–Crippen LogP) is 4.46. The molecule has 172 valence electrons. The number of nitrogens with one attached hydrogen (secondary N) is 1. The number of amides is 3. The van der Waals surface area contributed by atoms with Crippen LogP contribution in [0.3, 0.4) is 0 Å². The van der Waals surface area contributed by atoms with E-state index in [1.807, 2.05) is 42.2 Å². The van der Waals surface area contributed by atoms with Crippen LogP contribution in [-0.2, 0) is 14.4 Å². The Balaban J connectivity index is 1.82. The summed E-state index contributed by atoms with van der Waals surface area (Å²) < 4.78 is 5.25. The van der Waals surface area contributed by atoms with E-state index < -0.39 is 11.8 Å². The molecular weight excluding hydrogens is 430 g/mol. The van der Waals surface area contributed by atoms with Gasteiger partial charge in [-0.15, -0.1) is 0 Å². The molecule has 1 aliphatic heterocycles. The molecule has 1 heterocycles. The normalized spacial score (nSPS) is 13.3. The van der Waals surface area contributed by atoms with Crippen molar-refractivity contribution in [3.8, 4) is 5.75 Å². The standard InChI is InChI=1S/C27H25N3O4/c1-4-29(21-8-6-5-7-9-21)25-24(19-10-16-23(34-3)17-11-19)26(32)30(27(25)33)22-14-12-20(13-15-22)28-18(2)31/h5-17H,4H2,1-3H3,(H,28,31). The van der Waals surface area contributed by atoms with Crippen molar-refractivity contribution in [2.75, 3.05) is 28.8 Å². The van der Waals surface area contributed by atoms with E-state index in [9.17, 15) is 14.4 Å². The molecule has 0 aromatic heterocycles. The second kappa shape index (κ2) is 9.62. The highest BCUT2D eigenvalue weighted by atomic mass is 16.5. The number of rotatable bonds is 7. The molecule has 0 aliphatic carbocycles. The Kier molecular flexibility index (Phi) is 6.45. The first kappa shape index (κ1) is 22.8. The first-order valence-corrected chi connectivity index (χ1v) is 10.9. The lowest BCUT2D eigenvalue weighted by Gasteiger charge is -2.25. The van der Waals surface area contributed by atoms with E-state index in [-0.39, 0.29) is 5.91 Å². The minimum Gasteiger partial charge on any atom is -0.497 e. The number of para-hydroxylation sites is 1. The highest BCUT2D eigenvalue weighted by Gasteiger charge is 2.42. The lowest BCUT2D eigenvalue weighted by Crippen LogP contribution is -2.35. The number of methoxy groups -OCH3 is 1. The molecule has 0 bridgehead atoms. The molecule has 3 aromatic carbocycles. The fraction of sp³-hybridized carbons (Fsp3) is 0.148. The molecule has 0 spiro atoms. The van der Waals surface area contributed by atoms with Crippen molar-refractivity contribution in [2.45, 2.75) is 13.8 Å². The molecule has 1 N–H and O–H groups in total. The molecule has 0 fully saturated rings. The minimum absolute atomic E-state index is 0.201. The van der Waals surface area contributed by atoms with Gasteiger partial charge in [0.05, 0.1) is 18.4 Å². The third-order valence-corrected chi connectivity index (χ3v) is 5.54. The molecule has 0 atom stereocenters. The van der Waals surface area contributed by atoms with Crippen molar-refractivity contribution in [2.24, 2.45) is 0 Å². The van der Waals surface area contributed by atoms with Crippen LogP contribution in [0.2, 0.25) is 0 Å². The van der Waals surface area contributed by atoms with Crippen LogP contribution in [0, 0.1) is 0 Å².